The van der Waals surface area contributed by atoms with Gasteiger partial charge in [-0.2, -0.15) is 0 Å². The van der Waals surface area contributed by atoms with E-state index < -0.39 is 0 Å². The van der Waals surface area contributed by atoms with Gasteiger partial charge in [0, 0.05) is 0 Å². The van der Waals surface area contributed by atoms with Crippen LogP contribution in [0, 0.1) is 22.7 Å². The molecule has 0 nitrogen and oxygen atoms in total. The Morgan fingerprint density at radius 1 is 1.00 bits per heavy atom. The first-order chi connectivity index (χ1) is 7.43. The summed E-state index contributed by atoms with van der Waals surface area (Å²) in [7, 11) is 0. The first-order valence-corrected chi connectivity index (χ1v) is 7.43. The largest absolute Gasteiger partial charge is 0.0654 e. The average molecular weight is 224 g/mol. The fourth-order valence-corrected chi connectivity index (χ4v) is 3.97. The summed E-state index contributed by atoms with van der Waals surface area (Å²) in [5.74, 6) is 1.93. The first kappa shape index (κ1) is 14.1. The van der Waals surface area contributed by atoms with Gasteiger partial charge < -0.3 is 0 Å². The summed E-state index contributed by atoms with van der Waals surface area (Å²) >= 11 is 0. The molecule has 0 heterocycles. The maximum Gasteiger partial charge on any atom is -0.0238 e. The Bertz CT molecular complexity index is 216. The molecule has 0 heteroatoms. The van der Waals surface area contributed by atoms with Crippen LogP contribution < -0.4 is 0 Å². The second kappa shape index (κ2) is 5.10. The highest BCUT2D eigenvalue weighted by atomic mass is 14.7. The van der Waals surface area contributed by atoms with E-state index in [1.807, 2.05) is 0 Å². The summed E-state index contributed by atoms with van der Waals surface area (Å²) in [5, 5.41) is 0. The zero-order chi connectivity index (χ0) is 12.4. The van der Waals surface area contributed by atoms with Gasteiger partial charge in [-0.1, -0.05) is 73.6 Å². The zero-order valence-corrected chi connectivity index (χ0v) is 12.4. The molecule has 3 atom stereocenters. The summed E-state index contributed by atoms with van der Waals surface area (Å²) in [6.07, 6.45) is 8.43. The van der Waals surface area contributed by atoms with Crippen molar-refractivity contribution >= 4 is 0 Å². The van der Waals surface area contributed by atoms with Gasteiger partial charge in [0.2, 0.25) is 0 Å². The van der Waals surface area contributed by atoms with Crippen molar-refractivity contribution in [1.82, 2.24) is 0 Å². The molecule has 96 valence electrons. The molecule has 0 aromatic rings. The van der Waals surface area contributed by atoms with E-state index in [1.165, 1.54) is 38.5 Å². The molecule has 0 radical (unpaired) electrons. The Morgan fingerprint density at radius 3 is 1.88 bits per heavy atom. The molecule has 0 N–H and O–H groups in total. The van der Waals surface area contributed by atoms with E-state index in [0.717, 1.165) is 11.8 Å². The second-order valence-electron chi connectivity index (χ2n) is 6.80. The highest BCUT2D eigenvalue weighted by Gasteiger charge is 2.61. The van der Waals surface area contributed by atoms with Gasteiger partial charge in [-0.05, 0) is 29.1 Å². The topological polar surface area (TPSA) is 0 Å². The van der Waals surface area contributed by atoms with Crippen molar-refractivity contribution in [2.75, 3.05) is 0 Å². The molecule has 3 unspecified atom stereocenters. The fraction of sp³-hybridized carbons (Fsp3) is 1.00. The molecule has 0 bridgehead atoms. The van der Waals surface area contributed by atoms with Crippen LogP contribution in [0.3, 0.4) is 0 Å². The van der Waals surface area contributed by atoms with Crippen LogP contribution in [-0.2, 0) is 0 Å². The van der Waals surface area contributed by atoms with E-state index in [9.17, 15) is 0 Å². The van der Waals surface area contributed by atoms with Crippen LogP contribution in [0.1, 0.15) is 80.1 Å². The molecule has 0 saturated heterocycles. The van der Waals surface area contributed by atoms with Gasteiger partial charge in [-0.3, -0.25) is 0 Å². The predicted octanol–water partition coefficient (Wildman–Crippen LogP) is 5.67. The third-order valence-corrected chi connectivity index (χ3v) is 5.51. The molecule has 0 spiro atoms. The predicted molar refractivity (Wildman–Crippen MR) is 73.6 cm³/mol. The molecule has 0 amide bonds. The van der Waals surface area contributed by atoms with Crippen LogP contribution in [0.25, 0.3) is 0 Å². The quantitative estimate of drug-likeness (QED) is 0.523. The standard InChI is InChI=1S/C16H32/c1-7-10-11-13(8-2)14(9-3)16(6)12-15(16,4)5/h13-14H,7-12H2,1-6H3. The SMILES string of the molecule is CCCCC(CC)C(CC)C1(C)CC1(C)C. The zero-order valence-electron chi connectivity index (χ0n) is 12.4. The number of unbranched alkanes of at least 4 members (excludes halogenated alkanes) is 1. The van der Waals surface area contributed by atoms with Crippen molar-refractivity contribution in [2.24, 2.45) is 22.7 Å². The van der Waals surface area contributed by atoms with Crippen LogP contribution in [0.2, 0.25) is 0 Å². The molecule has 0 aromatic heterocycles. The third-order valence-electron chi connectivity index (χ3n) is 5.51. The molecule has 0 aromatic carbocycles. The van der Waals surface area contributed by atoms with Crippen molar-refractivity contribution < 1.29 is 0 Å². The van der Waals surface area contributed by atoms with E-state index in [2.05, 4.69) is 41.5 Å². The third kappa shape index (κ3) is 2.46. The van der Waals surface area contributed by atoms with Gasteiger partial charge in [-0.25, -0.2) is 0 Å². The summed E-state index contributed by atoms with van der Waals surface area (Å²) in [6.45, 7) is 14.6. The van der Waals surface area contributed by atoms with Crippen molar-refractivity contribution in [3.05, 3.63) is 0 Å². The maximum absolute atomic E-state index is 2.54. The molecule has 1 aliphatic rings. The monoisotopic (exact) mass is 224 g/mol. The summed E-state index contributed by atoms with van der Waals surface area (Å²) in [4.78, 5) is 0. The molecule has 1 aliphatic carbocycles. The lowest BCUT2D eigenvalue weighted by molar-refractivity contribution is 0.160. The van der Waals surface area contributed by atoms with E-state index in [0.29, 0.717) is 10.8 Å². The Morgan fingerprint density at radius 2 is 1.56 bits per heavy atom. The van der Waals surface area contributed by atoms with Crippen LogP contribution in [0.5, 0.6) is 0 Å². The van der Waals surface area contributed by atoms with E-state index >= 15 is 0 Å². The smallest absolute Gasteiger partial charge is 0.0238 e. The van der Waals surface area contributed by atoms with Gasteiger partial charge in [0.05, 0.1) is 0 Å². The molecule has 1 rings (SSSR count). The molecular weight excluding hydrogens is 192 g/mol. The van der Waals surface area contributed by atoms with Gasteiger partial charge in [0.25, 0.3) is 0 Å². The van der Waals surface area contributed by atoms with Crippen LogP contribution >= 0.6 is 0 Å². The van der Waals surface area contributed by atoms with E-state index in [4.69, 9.17) is 0 Å². The van der Waals surface area contributed by atoms with Gasteiger partial charge in [-0.15, -0.1) is 0 Å². The normalized spacial score (nSPS) is 31.1. The molecule has 0 aliphatic heterocycles. The molecule has 1 saturated carbocycles. The van der Waals surface area contributed by atoms with Crippen molar-refractivity contribution in [3.8, 4) is 0 Å². The maximum atomic E-state index is 2.54. The lowest BCUT2D eigenvalue weighted by Crippen LogP contribution is -2.25. The molecule has 16 heavy (non-hydrogen) atoms. The minimum absolute atomic E-state index is 0.604. The lowest BCUT2D eigenvalue weighted by Gasteiger charge is -2.33. The highest BCUT2D eigenvalue weighted by molar-refractivity contribution is 5.10. The first-order valence-electron chi connectivity index (χ1n) is 7.43. The Labute approximate surface area is 103 Å². The summed E-state index contributed by atoms with van der Waals surface area (Å²) < 4.78 is 0. The fourth-order valence-electron chi connectivity index (χ4n) is 3.97. The number of hydrogen-bond donors (Lipinski definition) is 0. The summed E-state index contributed by atoms with van der Waals surface area (Å²) in [6, 6.07) is 0. The average Bonchev–Trinajstić information content (AvgIpc) is 2.73. The minimum Gasteiger partial charge on any atom is -0.0654 e. The molecular formula is C16H32. The number of hydrogen-bond acceptors (Lipinski definition) is 0. The Balaban J connectivity index is 2.65. The van der Waals surface area contributed by atoms with Crippen LogP contribution in [-0.4, -0.2) is 0 Å². The van der Waals surface area contributed by atoms with Gasteiger partial charge in [0.1, 0.15) is 0 Å². The summed E-state index contributed by atoms with van der Waals surface area (Å²) in [5.41, 5.74) is 1.24. The van der Waals surface area contributed by atoms with Crippen LogP contribution in [0.4, 0.5) is 0 Å². The minimum atomic E-state index is 0.604. The molecule has 1 fully saturated rings. The second-order valence-corrected chi connectivity index (χ2v) is 6.80. The van der Waals surface area contributed by atoms with E-state index in [1.54, 1.807) is 0 Å². The highest BCUT2D eigenvalue weighted by Crippen LogP contribution is 2.69. The Kier molecular flexibility index (Phi) is 4.49. The Hall–Kier alpha value is 0. The van der Waals surface area contributed by atoms with Crippen molar-refractivity contribution in [3.63, 3.8) is 0 Å². The van der Waals surface area contributed by atoms with Crippen LogP contribution in [0.15, 0.2) is 0 Å². The van der Waals surface area contributed by atoms with Gasteiger partial charge >= 0.3 is 0 Å². The number of rotatable bonds is 7. The van der Waals surface area contributed by atoms with E-state index in [-0.39, 0.29) is 0 Å². The lowest BCUT2D eigenvalue weighted by atomic mass is 9.72. The van der Waals surface area contributed by atoms with Crippen molar-refractivity contribution in [1.29, 1.82) is 0 Å². The van der Waals surface area contributed by atoms with Crippen molar-refractivity contribution in [2.45, 2.75) is 80.1 Å². The van der Waals surface area contributed by atoms with Gasteiger partial charge in [0.15, 0.2) is 0 Å².